The van der Waals surface area contributed by atoms with E-state index in [1.165, 1.54) is 23.2 Å². The topological polar surface area (TPSA) is 42.1 Å². The fraction of sp³-hybridized carbons (Fsp3) is 0.188. The van der Waals surface area contributed by atoms with Crippen LogP contribution in [0.15, 0.2) is 36.4 Å². The highest BCUT2D eigenvalue weighted by Gasteiger charge is 2.20. The van der Waals surface area contributed by atoms with Crippen molar-refractivity contribution >= 4 is 33.1 Å². The molecule has 5 heteroatoms. The van der Waals surface area contributed by atoms with Crippen LogP contribution in [0.4, 0.5) is 15.9 Å². The quantitative estimate of drug-likeness (QED) is 0.698. The summed E-state index contributed by atoms with van der Waals surface area (Å²) in [7, 11) is 0. The van der Waals surface area contributed by atoms with Crippen LogP contribution in [0.2, 0.25) is 0 Å². The van der Waals surface area contributed by atoms with Gasteiger partial charge in [-0.1, -0.05) is 6.07 Å². The van der Waals surface area contributed by atoms with Gasteiger partial charge in [0.1, 0.15) is 11.6 Å². The molecule has 3 aromatic rings. The summed E-state index contributed by atoms with van der Waals surface area (Å²) in [6, 6.07) is 11.0. The Morgan fingerprint density at radius 2 is 2.05 bits per heavy atom. The van der Waals surface area contributed by atoms with Crippen LogP contribution in [0.3, 0.4) is 0 Å². The molecule has 21 heavy (non-hydrogen) atoms. The first-order valence-electron chi connectivity index (χ1n) is 6.88. The number of hydrogen-bond donors (Lipinski definition) is 1. The minimum atomic E-state index is -0.156. The van der Waals surface area contributed by atoms with Crippen molar-refractivity contribution < 1.29 is 4.39 Å². The first-order valence-corrected chi connectivity index (χ1v) is 7.65. The van der Waals surface area contributed by atoms with Crippen LogP contribution in [0, 0.1) is 5.82 Å². The van der Waals surface area contributed by atoms with Gasteiger partial charge in [-0.05, 0) is 59.4 Å². The molecule has 0 spiro atoms. The molecular formula is C16H14FN3S. The highest BCUT2D eigenvalue weighted by Crippen LogP contribution is 2.33. The van der Waals surface area contributed by atoms with E-state index in [-0.39, 0.29) is 5.82 Å². The zero-order valence-corrected chi connectivity index (χ0v) is 12.2. The Kier molecular flexibility index (Phi) is 2.82. The molecule has 0 saturated heterocycles. The molecule has 0 radical (unpaired) electrons. The number of nitrogens with zero attached hydrogens (tertiary/aromatic N) is 2. The van der Waals surface area contributed by atoms with Gasteiger partial charge in [-0.25, -0.2) is 4.39 Å². The molecule has 0 amide bonds. The zero-order valence-electron chi connectivity index (χ0n) is 11.3. The Morgan fingerprint density at radius 1 is 1.14 bits per heavy atom. The van der Waals surface area contributed by atoms with E-state index in [2.05, 4.69) is 9.27 Å². The van der Waals surface area contributed by atoms with E-state index >= 15 is 0 Å². The minimum absolute atomic E-state index is 0.156. The van der Waals surface area contributed by atoms with Gasteiger partial charge in [-0.3, -0.25) is 0 Å². The normalized spacial score (nSPS) is 14.4. The molecule has 0 aliphatic carbocycles. The van der Waals surface area contributed by atoms with Crippen molar-refractivity contribution in [2.24, 2.45) is 0 Å². The molecule has 0 saturated carbocycles. The lowest BCUT2D eigenvalue weighted by atomic mass is 9.99. The lowest BCUT2D eigenvalue weighted by Crippen LogP contribution is -2.30. The van der Waals surface area contributed by atoms with E-state index < -0.39 is 0 Å². The average Bonchev–Trinajstić information content (AvgIpc) is 2.89. The predicted molar refractivity (Wildman–Crippen MR) is 85.2 cm³/mol. The molecule has 2 heterocycles. The summed E-state index contributed by atoms with van der Waals surface area (Å²) in [4.78, 5) is 2.26. The van der Waals surface area contributed by atoms with Gasteiger partial charge >= 0.3 is 0 Å². The Bertz CT molecular complexity index is 828. The average molecular weight is 299 g/mol. The van der Waals surface area contributed by atoms with Crippen molar-refractivity contribution in [2.45, 2.75) is 13.0 Å². The molecule has 0 fully saturated rings. The summed E-state index contributed by atoms with van der Waals surface area (Å²) in [5.74, 6) is 0.849. The molecule has 0 atom stereocenters. The molecule has 1 aliphatic heterocycles. The number of halogens is 1. The summed E-state index contributed by atoms with van der Waals surface area (Å²) in [5, 5.41) is 1.14. The van der Waals surface area contributed by atoms with Crippen LogP contribution in [0.5, 0.6) is 0 Å². The minimum Gasteiger partial charge on any atom is -0.399 e. The fourth-order valence-corrected chi connectivity index (χ4v) is 3.72. The van der Waals surface area contributed by atoms with E-state index in [1.54, 1.807) is 6.07 Å². The molecule has 106 valence electrons. The van der Waals surface area contributed by atoms with Crippen molar-refractivity contribution in [1.82, 2.24) is 4.37 Å². The molecule has 2 N–H and O–H groups in total. The first kappa shape index (κ1) is 12.6. The number of nitrogens with two attached hydrogens (primary N) is 1. The fourth-order valence-electron chi connectivity index (χ4n) is 2.87. The van der Waals surface area contributed by atoms with E-state index in [0.717, 1.165) is 46.7 Å². The summed E-state index contributed by atoms with van der Waals surface area (Å²) in [6.45, 7) is 1.64. The lowest BCUT2D eigenvalue weighted by molar-refractivity contribution is 0.619. The van der Waals surface area contributed by atoms with Crippen molar-refractivity contribution in [3.05, 3.63) is 53.3 Å². The standard InChI is InChI=1S/C16H14FN3S/c17-12-2-1-11-9-20(6-5-10(11)7-12)16-14-4-3-13(18)8-15(14)21-19-16/h1-4,7-8H,5-6,9,18H2. The van der Waals surface area contributed by atoms with Crippen LogP contribution in [0.25, 0.3) is 10.1 Å². The van der Waals surface area contributed by atoms with Crippen molar-refractivity contribution in [1.29, 1.82) is 0 Å². The van der Waals surface area contributed by atoms with Crippen LogP contribution in [0.1, 0.15) is 11.1 Å². The summed E-state index contributed by atoms with van der Waals surface area (Å²) < 4.78 is 19.0. The number of nitrogen functional groups attached to an aromatic ring is 1. The third-order valence-electron chi connectivity index (χ3n) is 3.96. The molecule has 1 aromatic heterocycles. The van der Waals surface area contributed by atoms with E-state index in [0.29, 0.717) is 0 Å². The monoisotopic (exact) mass is 299 g/mol. The SMILES string of the molecule is Nc1ccc2c(N3CCc4cc(F)ccc4C3)nsc2c1. The van der Waals surface area contributed by atoms with Gasteiger partial charge in [0.05, 0.1) is 4.70 Å². The third kappa shape index (κ3) is 2.14. The number of hydrogen-bond acceptors (Lipinski definition) is 4. The van der Waals surface area contributed by atoms with Crippen molar-refractivity contribution in [3.63, 3.8) is 0 Å². The maximum atomic E-state index is 13.3. The number of rotatable bonds is 1. The molecule has 1 aliphatic rings. The molecule has 0 unspecified atom stereocenters. The number of aromatic nitrogens is 1. The van der Waals surface area contributed by atoms with Crippen LogP contribution < -0.4 is 10.6 Å². The number of anilines is 2. The highest BCUT2D eigenvalue weighted by molar-refractivity contribution is 7.13. The summed E-state index contributed by atoms with van der Waals surface area (Å²) in [5.41, 5.74) is 8.87. The number of fused-ring (bicyclic) bond motifs is 2. The maximum absolute atomic E-state index is 13.3. The van der Waals surface area contributed by atoms with Gasteiger partial charge in [0.25, 0.3) is 0 Å². The highest BCUT2D eigenvalue weighted by atomic mass is 32.1. The predicted octanol–water partition coefficient (Wildman–Crippen LogP) is 3.58. The van der Waals surface area contributed by atoms with Gasteiger partial charge in [0.2, 0.25) is 0 Å². The zero-order chi connectivity index (χ0) is 14.4. The molecule has 4 rings (SSSR count). The summed E-state index contributed by atoms with van der Waals surface area (Å²) >= 11 is 1.47. The van der Waals surface area contributed by atoms with Crippen LogP contribution >= 0.6 is 11.5 Å². The third-order valence-corrected chi connectivity index (χ3v) is 4.76. The van der Waals surface area contributed by atoms with Gasteiger partial charge in [0.15, 0.2) is 0 Å². The summed E-state index contributed by atoms with van der Waals surface area (Å²) in [6.07, 6.45) is 0.848. The second kappa shape index (κ2) is 4.70. The Labute approximate surface area is 126 Å². The van der Waals surface area contributed by atoms with Gasteiger partial charge in [0, 0.05) is 24.2 Å². The second-order valence-corrected chi connectivity index (χ2v) is 6.15. The maximum Gasteiger partial charge on any atom is 0.150 e. The van der Waals surface area contributed by atoms with E-state index in [9.17, 15) is 4.39 Å². The smallest absolute Gasteiger partial charge is 0.150 e. The first-order chi connectivity index (χ1) is 10.2. The largest absolute Gasteiger partial charge is 0.399 e. The van der Waals surface area contributed by atoms with E-state index in [4.69, 9.17) is 5.73 Å². The molecular weight excluding hydrogens is 285 g/mol. The van der Waals surface area contributed by atoms with Gasteiger partial charge in [-0.2, -0.15) is 4.37 Å². The van der Waals surface area contributed by atoms with Gasteiger partial charge in [-0.15, -0.1) is 0 Å². The molecule has 2 aromatic carbocycles. The molecule has 3 nitrogen and oxygen atoms in total. The second-order valence-electron chi connectivity index (χ2n) is 5.35. The Hall–Kier alpha value is -2.14. The van der Waals surface area contributed by atoms with Crippen molar-refractivity contribution in [2.75, 3.05) is 17.2 Å². The molecule has 0 bridgehead atoms. The van der Waals surface area contributed by atoms with Crippen molar-refractivity contribution in [3.8, 4) is 0 Å². The Balaban J connectivity index is 1.72. The van der Waals surface area contributed by atoms with E-state index in [1.807, 2.05) is 24.3 Å². The number of benzene rings is 2. The Morgan fingerprint density at radius 3 is 2.95 bits per heavy atom. The van der Waals surface area contributed by atoms with Crippen LogP contribution in [-0.2, 0) is 13.0 Å². The van der Waals surface area contributed by atoms with Gasteiger partial charge < -0.3 is 10.6 Å². The lowest BCUT2D eigenvalue weighted by Gasteiger charge is -2.29. The van der Waals surface area contributed by atoms with Crippen LogP contribution in [-0.4, -0.2) is 10.9 Å².